The predicted molar refractivity (Wildman–Crippen MR) is 94.4 cm³/mol. The van der Waals surface area contributed by atoms with Gasteiger partial charge in [0.25, 0.3) is 0 Å². The molecule has 5 heteroatoms. The Labute approximate surface area is 137 Å². The molecule has 1 aromatic heterocycles. The summed E-state index contributed by atoms with van der Waals surface area (Å²) < 4.78 is 5.17. The van der Waals surface area contributed by atoms with Crippen LogP contribution < -0.4 is 15.0 Å². The molecule has 2 N–H and O–H groups in total. The predicted octanol–water partition coefficient (Wildman–Crippen LogP) is 2.56. The van der Waals surface area contributed by atoms with Crippen LogP contribution in [0.25, 0.3) is 0 Å². The molecular weight excluding hydrogens is 290 g/mol. The molecule has 0 aliphatic carbocycles. The number of pyridine rings is 1. The zero-order chi connectivity index (χ0) is 16.7. The molecule has 0 fully saturated rings. The zero-order valence-electron chi connectivity index (χ0n) is 14.0. The van der Waals surface area contributed by atoms with Crippen LogP contribution in [0.4, 0.5) is 11.5 Å². The fraction of sp³-hybridized carbons (Fsp3) is 0.389. The molecule has 23 heavy (non-hydrogen) atoms. The summed E-state index contributed by atoms with van der Waals surface area (Å²) in [4.78, 5) is 6.41. The summed E-state index contributed by atoms with van der Waals surface area (Å²) >= 11 is 0. The van der Waals surface area contributed by atoms with Crippen molar-refractivity contribution >= 4 is 11.5 Å². The molecule has 0 saturated heterocycles. The lowest BCUT2D eigenvalue weighted by Crippen LogP contribution is -2.22. The van der Waals surface area contributed by atoms with Crippen LogP contribution in [0.3, 0.4) is 0 Å². The highest BCUT2D eigenvalue weighted by atomic mass is 16.5. The summed E-state index contributed by atoms with van der Waals surface area (Å²) in [5.74, 6) is 1.73. The molecule has 1 heterocycles. The summed E-state index contributed by atoms with van der Waals surface area (Å²) in [5, 5.41) is 12.4. The summed E-state index contributed by atoms with van der Waals surface area (Å²) in [6.45, 7) is 2.87. The largest absolute Gasteiger partial charge is 0.497 e. The van der Waals surface area contributed by atoms with Gasteiger partial charge in [-0.2, -0.15) is 0 Å². The summed E-state index contributed by atoms with van der Waals surface area (Å²) in [6, 6.07) is 12.4. The van der Waals surface area contributed by atoms with Crippen LogP contribution in [0.5, 0.6) is 5.75 Å². The molecule has 1 atom stereocenters. The number of rotatable bonds is 8. The Hall–Kier alpha value is -2.27. The lowest BCUT2D eigenvalue weighted by atomic mass is 10.1. The molecule has 1 aromatic carbocycles. The number of methoxy groups -OCH3 is 1. The minimum atomic E-state index is 0.134. The van der Waals surface area contributed by atoms with Gasteiger partial charge in [0.1, 0.15) is 11.6 Å². The fourth-order valence-corrected chi connectivity index (χ4v) is 2.39. The first-order valence-electron chi connectivity index (χ1n) is 7.80. The number of ether oxygens (including phenoxy) is 1. The maximum absolute atomic E-state index is 8.96. The van der Waals surface area contributed by atoms with E-state index in [1.807, 2.05) is 42.4 Å². The van der Waals surface area contributed by atoms with Crippen molar-refractivity contribution in [1.82, 2.24) is 4.98 Å². The number of aliphatic hydroxyl groups is 1. The van der Waals surface area contributed by atoms with Crippen molar-refractivity contribution in [2.45, 2.75) is 19.4 Å². The van der Waals surface area contributed by atoms with E-state index in [0.29, 0.717) is 6.54 Å². The first-order valence-corrected chi connectivity index (χ1v) is 7.80. The monoisotopic (exact) mass is 315 g/mol. The summed E-state index contributed by atoms with van der Waals surface area (Å²) in [7, 11) is 3.61. The Bertz CT molecular complexity index is 584. The minimum absolute atomic E-state index is 0.134. The summed E-state index contributed by atoms with van der Waals surface area (Å²) in [6.07, 6.45) is 2.73. The maximum Gasteiger partial charge on any atom is 0.126 e. The molecule has 0 aliphatic heterocycles. The molecule has 0 aliphatic rings. The van der Waals surface area contributed by atoms with Gasteiger partial charge in [-0.25, -0.2) is 4.98 Å². The second-order valence-electron chi connectivity index (χ2n) is 5.64. The number of aromatic nitrogens is 1. The van der Waals surface area contributed by atoms with E-state index in [4.69, 9.17) is 9.84 Å². The van der Waals surface area contributed by atoms with Gasteiger partial charge in [0, 0.05) is 19.6 Å². The van der Waals surface area contributed by atoms with Gasteiger partial charge in [-0.05, 0) is 43.2 Å². The Balaban J connectivity index is 1.90. The quantitative estimate of drug-likeness (QED) is 0.784. The summed E-state index contributed by atoms with van der Waals surface area (Å²) in [5.41, 5.74) is 2.25. The number of nitrogens with one attached hydrogen (secondary N) is 1. The van der Waals surface area contributed by atoms with Crippen LogP contribution >= 0.6 is 0 Å². The molecule has 0 spiro atoms. The van der Waals surface area contributed by atoms with Crippen molar-refractivity contribution in [2.75, 3.05) is 37.5 Å². The average Bonchev–Trinajstić information content (AvgIpc) is 2.56. The average molecular weight is 315 g/mol. The highest BCUT2D eigenvalue weighted by molar-refractivity contribution is 5.49. The van der Waals surface area contributed by atoms with E-state index in [2.05, 4.69) is 29.4 Å². The molecule has 0 saturated carbocycles. The Morgan fingerprint density at radius 2 is 1.96 bits per heavy atom. The first-order chi connectivity index (χ1) is 11.1. The third-order valence-electron chi connectivity index (χ3n) is 3.72. The van der Waals surface area contributed by atoms with Gasteiger partial charge in [0.2, 0.25) is 0 Å². The van der Waals surface area contributed by atoms with Gasteiger partial charge in [0.05, 0.1) is 25.6 Å². The van der Waals surface area contributed by atoms with Gasteiger partial charge in [-0.1, -0.05) is 12.1 Å². The van der Waals surface area contributed by atoms with E-state index in [1.54, 1.807) is 7.11 Å². The van der Waals surface area contributed by atoms with Crippen LogP contribution in [0.2, 0.25) is 0 Å². The third kappa shape index (κ3) is 5.14. The van der Waals surface area contributed by atoms with E-state index in [1.165, 1.54) is 5.56 Å². The molecule has 2 rings (SSSR count). The van der Waals surface area contributed by atoms with Crippen LogP contribution in [-0.4, -0.2) is 43.4 Å². The number of likely N-dealkylation sites (N-methyl/N-ethyl adjacent to an activating group) is 1. The number of aliphatic hydroxyl groups excluding tert-OH is 1. The lowest BCUT2D eigenvalue weighted by Gasteiger charge is -2.19. The van der Waals surface area contributed by atoms with Crippen molar-refractivity contribution in [3.05, 3.63) is 48.2 Å². The van der Waals surface area contributed by atoms with E-state index < -0.39 is 0 Å². The Morgan fingerprint density at radius 3 is 2.52 bits per heavy atom. The number of benzene rings is 1. The second-order valence-corrected chi connectivity index (χ2v) is 5.64. The lowest BCUT2D eigenvalue weighted by molar-refractivity contribution is 0.304. The highest BCUT2D eigenvalue weighted by Crippen LogP contribution is 2.16. The van der Waals surface area contributed by atoms with Crippen LogP contribution in [0, 0.1) is 0 Å². The second kappa shape index (κ2) is 8.39. The molecule has 1 unspecified atom stereocenters. The van der Waals surface area contributed by atoms with E-state index in [9.17, 15) is 0 Å². The fourth-order valence-electron chi connectivity index (χ4n) is 2.39. The van der Waals surface area contributed by atoms with Crippen LogP contribution in [0.1, 0.15) is 12.5 Å². The highest BCUT2D eigenvalue weighted by Gasteiger charge is 2.06. The van der Waals surface area contributed by atoms with Crippen molar-refractivity contribution in [1.29, 1.82) is 0 Å². The number of hydrogen-bond acceptors (Lipinski definition) is 5. The topological polar surface area (TPSA) is 57.6 Å². The standard InChI is InChI=1S/C18H25N3O2/c1-14(12-15-4-7-17(23-3)8-5-15)20-18-9-6-16(13-19-18)21(2)10-11-22/h4-9,13-14,22H,10-12H2,1-3H3,(H,19,20). The first kappa shape index (κ1) is 17.1. The molecular formula is C18H25N3O2. The zero-order valence-corrected chi connectivity index (χ0v) is 14.0. The van der Waals surface area contributed by atoms with Gasteiger partial charge >= 0.3 is 0 Å². The molecule has 2 aromatic rings. The van der Waals surface area contributed by atoms with E-state index in [0.717, 1.165) is 23.7 Å². The third-order valence-corrected chi connectivity index (χ3v) is 3.72. The SMILES string of the molecule is COc1ccc(CC(C)Nc2ccc(N(C)CCO)cn2)cc1. The Kier molecular flexibility index (Phi) is 6.23. The van der Waals surface area contributed by atoms with E-state index >= 15 is 0 Å². The Morgan fingerprint density at radius 1 is 1.22 bits per heavy atom. The van der Waals surface area contributed by atoms with Crippen molar-refractivity contribution in [3.8, 4) is 5.75 Å². The minimum Gasteiger partial charge on any atom is -0.497 e. The number of anilines is 2. The molecule has 0 radical (unpaired) electrons. The van der Waals surface area contributed by atoms with Gasteiger partial charge in [0.15, 0.2) is 0 Å². The smallest absolute Gasteiger partial charge is 0.126 e. The maximum atomic E-state index is 8.96. The van der Waals surface area contributed by atoms with Crippen molar-refractivity contribution in [3.63, 3.8) is 0 Å². The van der Waals surface area contributed by atoms with E-state index in [-0.39, 0.29) is 12.6 Å². The van der Waals surface area contributed by atoms with Crippen LogP contribution in [-0.2, 0) is 6.42 Å². The molecule has 0 amide bonds. The number of nitrogens with zero attached hydrogens (tertiary/aromatic N) is 2. The molecule has 0 bridgehead atoms. The van der Waals surface area contributed by atoms with Gasteiger partial charge in [-0.15, -0.1) is 0 Å². The van der Waals surface area contributed by atoms with Crippen molar-refractivity contribution in [2.24, 2.45) is 0 Å². The molecule has 124 valence electrons. The number of hydrogen-bond donors (Lipinski definition) is 2. The normalized spacial score (nSPS) is 11.8. The van der Waals surface area contributed by atoms with Gasteiger partial charge in [-0.3, -0.25) is 0 Å². The molecule has 5 nitrogen and oxygen atoms in total. The van der Waals surface area contributed by atoms with Crippen molar-refractivity contribution < 1.29 is 9.84 Å². The van der Waals surface area contributed by atoms with Crippen LogP contribution in [0.15, 0.2) is 42.6 Å². The van der Waals surface area contributed by atoms with Gasteiger partial charge < -0.3 is 20.1 Å².